The van der Waals surface area contributed by atoms with E-state index in [1.54, 1.807) is 0 Å². The van der Waals surface area contributed by atoms with Gasteiger partial charge in [0, 0.05) is 39.0 Å². The van der Waals surface area contributed by atoms with Crippen molar-refractivity contribution < 1.29 is 14.3 Å². The number of carbonyl (C=O) groups excluding carboxylic acids is 2. The van der Waals surface area contributed by atoms with E-state index in [1.807, 2.05) is 28.0 Å². The fourth-order valence-corrected chi connectivity index (χ4v) is 5.14. The molecule has 3 fully saturated rings. The van der Waals surface area contributed by atoms with Gasteiger partial charge in [-0.2, -0.15) is 0 Å². The Hall–Kier alpha value is -1.88. The molecule has 1 aromatic carbocycles. The van der Waals surface area contributed by atoms with Crippen LogP contribution in [-0.2, 0) is 20.7 Å². The Kier molecular flexibility index (Phi) is 6.00. The lowest BCUT2D eigenvalue weighted by Crippen LogP contribution is -2.52. The predicted octanol–water partition coefficient (Wildman–Crippen LogP) is 2.89. The SMILES string of the molecule is O=C(CCc1ccccc1)N1CCC2(CCC2CC(=O)N2CCOCC2)CC1. The van der Waals surface area contributed by atoms with Crippen LogP contribution in [0.15, 0.2) is 30.3 Å². The van der Waals surface area contributed by atoms with Crippen LogP contribution >= 0.6 is 0 Å². The fourth-order valence-electron chi connectivity index (χ4n) is 5.14. The van der Waals surface area contributed by atoms with Crippen molar-refractivity contribution in [2.45, 2.75) is 44.9 Å². The first-order valence-corrected chi connectivity index (χ1v) is 10.8. The van der Waals surface area contributed by atoms with Gasteiger partial charge in [0.1, 0.15) is 0 Å². The highest BCUT2D eigenvalue weighted by molar-refractivity contribution is 5.77. The Balaban J connectivity index is 1.23. The zero-order chi connectivity index (χ0) is 19.4. The highest BCUT2D eigenvalue weighted by Gasteiger charge is 2.49. The number of carbonyl (C=O) groups is 2. The molecule has 1 aliphatic carbocycles. The van der Waals surface area contributed by atoms with E-state index in [0.29, 0.717) is 43.3 Å². The van der Waals surface area contributed by atoms with Crippen LogP contribution in [0.3, 0.4) is 0 Å². The number of hydrogen-bond donors (Lipinski definition) is 0. The number of nitrogens with zero attached hydrogens (tertiary/aromatic N) is 2. The fraction of sp³-hybridized carbons (Fsp3) is 0.652. The van der Waals surface area contributed by atoms with Gasteiger partial charge in [0.05, 0.1) is 13.2 Å². The normalized spacial score (nSPS) is 24.1. The van der Waals surface area contributed by atoms with E-state index in [4.69, 9.17) is 4.74 Å². The van der Waals surface area contributed by atoms with Gasteiger partial charge in [-0.1, -0.05) is 30.3 Å². The third-order valence-corrected chi connectivity index (χ3v) is 7.22. The molecule has 5 nitrogen and oxygen atoms in total. The summed E-state index contributed by atoms with van der Waals surface area (Å²) in [6.45, 7) is 4.53. The summed E-state index contributed by atoms with van der Waals surface area (Å²) in [5, 5.41) is 0. The van der Waals surface area contributed by atoms with Crippen LogP contribution in [0.2, 0.25) is 0 Å². The van der Waals surface area contributed by atoms with Crippen LogP contribution in [0.4, 0.5) is 0 Å². The first-order valence-electron chi connectivity index (χ1n) is 10.8. The smallest absolute Gasteiger partial charge is 0.223 e. The maximum atomic E-state index is 12.6. The molecule has 1 saturated carbocycles. The van der Waals surface area contributed by atoms with Crippen LogP contribution in [0.5, 0.6) is 0 Å². The molecule has 2 heterocycles. The molecule has 2 saturated heterocycles. The van der Waals surface area contributed by atoms with E-state index in [1.165, 1.54) is 12.0 Å². The van der Waals surface area contributed by atoms with Crippen molar-refractivity contribution in [2.24, 2.45) is 11.3 Å². The summed E-state index contributed by atoms with van der Waals surface area (Å²) in [5.74, 6) is 1.08. The van der Waals surface area contributed by atoms with Crippen LogP contribution in [0.25, 0.3) is 0 Å². The molecule has 1 unspecified atom stereocenters. The quantitative estimate of drug-likeness (QED) is 0.784. The molecule has 0 aromatic heterocycles. The molecule has 28 heavy (non-hydrogen) atoms. The van der Waals surface area contributed by atoms with E-state index in [0.717, 1.165) is 51.9 Å². The number of benzene rings is 1. The molecular formula is C23H32N2O3. The molecule has 0 bridgehead atoms. The van der Waals surface area contributed by atoms with Gasteiger partial charge in [-0.05, 0) is 49.0 Å². The number of rotatable bonds is 5. The lowest BCUT2D eigenvalue weighted by Gasteiger charge is -2.54. The molecule has 1 aromatic rings. The minimum atomic E-state index is 0.277. The summed E-state index contributed by atoms with van der Waals surface area (Å²) in [4.78, 5) is 29.3. The molecule has 1 atom stereocenters. The molecule has 2 aliphatic heterocycles. The molecule has 5 heteroatoms. The summed E-state index contributed by atoms with van der Waals surface area (Å²) in [6.07, 6.45) is 6.60. The lowest BCUT2D eigenvalue weighted by atomic mass is 9.54. The minimum absolute atomic E-state index is 0.277. The summed E-state index contributed by atoms with van der Waals surface area (Å²) in [7, 11) is 0. The van der Waals surface area contributed by atoms with E-state index >= 15 is 0 Å². The molecule has 0 N–H and O–H groups in total. The van der Waals surface area contributed by atoms with Gasteiger partial charge >= 0.3 is 0 Å². The van der Waals surface area contributed by atoms with Gasteiger partial charge in [-0.15, -0.1) is 0 Å². The Morgan fingerprint density at radius 2 is 1.61 bits per heavy atom. The van der Waals surface area contributed by atoms with Gasteiger partial charge in [-0.25, -0.2) is 0 Å². The summed E-state index contributed by atoms with van der Waals surface area (Å²) in [6, 6.07) is 10.2. The molecule has 4 rings (SSSR count). The van der Waals surface area contributed by atoms with E-state index in [9.17, 15) is 9.59 Å². The largest absolute Gasteiger partial charge is 0.378 e. The maximum absolute atomic E-state index is 12.6. The molecule has 1 spiro atoms. The topological polar surface area (TPSA) is 49.9 Å². The second-order valence-corrected chi connectivity index (χ2v) is 8.66. The number of likely N-dealkylation sites (tertiary alicyclic amines) is 1. The van der Waals surface area contributed by atoms with E-state index < -0.39 is 0 Å². The lowest BCUT2D eigenvalue weighted by molar-refractivity contribution is -0.144. The van der Waals surface area contributed by atoms with Crippen molar-refractivity contribution in [3.05, 3.63) is 35.9 Å². The number of ether oxygens (including phenoxy) is 1. The minimum Gasteiger partial charge on any atom is -0.378 e. The third-order valence-electron chi connectivity index (χ3n) is 7.22. The third kappa shape index (κ3) is 4.24. The van der Waals surface area contributed by atoms with Gasteiger partial charge in [0.25, 0.3) is 0 Å². The Labute approximate surface area is 168 Å². The second-order valence-electron chi connectivity index (χ2n) is 8.66. The molecule has 3 aliphatic rings. The van der Waals surface area contributed by atoms with Gasteiger partial charge in [0.15, 0.2) is 0 Å². The number of piperidine rings is 1. The summed E-state index contributed by atoms with van der Waals surface area (Å²) < 4.78 is 5.36. The maximum Gasteiger partial charge on any atom is 0.223 e. The highest BCUT2D eigenvalue weighted by atomic mass is 16.5. The van der Waals surface area contributed by atoms with Crippen molar-refractivity contribution >= 4 is 11.8 Å². The average Bonchev–Trinajstić information content (AvgIpc) is 2.76. The van der Waals surface area contributed by atoms with Gasteiger partial charge in [0.2, 0.25) is 11.8 Å². The van der Waals surface area contributed by atoms with E-state index in [2.05, 4.69) is 12.1 Å². The Morgan fingerprint density at radius 3 is 2.25 bits per heavy atom. The highest BCUT2D eigenvalue weighted by Crippen LogP contribution is 2.55. The molecule has 2 amide bonds. The van der Waals surface area contributed by atoms with Crippen molar-refractivity contribution in [3.8, 4) is 0 Å². The zero-order valence-electron chi connectivity index (χ0n) is 16.8. The number of amides is 2. The number of hydrogen-bond acceptors (Lipinski definition) is 3. The number of aryl methyl sites for hydroxylation is 1. The first kappa shape index (κ1) is 19.4. The average molecular weight is 385 g/mol. The van der Waals surface area contributed by atoms with Crippen molar-refractivity contribution in [1.29, 1.82) is 0 Å². The Bertz CT molecular complexity index is 676. The van der Waals surface area contributed by atoms with Crippen LogP contribution < -0.4 is 0 Å². The van der Waals surface area contributed by atoms with Gasteiger partial charge < -0.3 is 14.5 Å². The standard InChI is InChI=1S/C23H32N2O3/c26-21(7-6-19-4-2-1-3-5-19)24-12-10-23(11-13-24)9-8-20(23)18-22(27)25-14-16-28-17-15-25/h1-5,20H,6-18H2. The molecular weight excluding hydrogens is 352 g/mol. The zero-order valence-corrected chi connectivity index (χ0v) is 16.8. The molecule has 152 valence electrons. The first-order chi connectivity index (χ1) is 13.7. The summed E-state index contributed by atoms with van der Waals surface area (Å²) >= 11 is 0. The summed E-state index contributed by atoms with van der Waals surface area (Å²) in [5.41, 5.74) is 1.53. The van der Waals surface area contributed by atoms with Crippen molar-refractivity contribution in [1.82, 2.24) is 9.80 Å². The van der Waals surface area contributed by atoms with Crippen LogP contribution in [-0.4, -0.2) is 61.0 Å². The molecule has 0 radical (unpaired) electrons. The van der Waals surface area contributed by atoms with Crippen LogP contribution in [0, 0.1) is 11.3 Å². The van der Waals surface area contributed by atoms with Gasteiger partial charge in [-0.3, -0.25) is 9.59 Å². The monoisotopic (exact) mass is 384 g/mol. The Morgan fingerprint density at radius 1 is 0.929 bits per heavy atom. The van der Waals surface area contributed by atoms with Crippen molar-refractivity contribution in [2.75, 3.05) is 39.4 Å². The van der Waals surface area contributed by atoms with Crippen molar-refractivity contribution in [3.63, 3.8) is 0 Å². The predicted molar refractivity (Wildman–Crippen MR) is 108 cm³/mol. The second kappa shape index (κ2) is 8.64. The van der Waals surface area contributed by atoms with E-state index in [-0.39, 0.29) is 5.91 Å². The van der Waals surface area contributed by atoms with Crippen LogP contribution in [0.1, 0.15) is 44.1 Å². The number of morpholine rings is 1.